The van der Waals surface area contributed by atoms with Crippen molar-refractivity contribution in [3.8, 4) is 16.9 Å². The zero-order valence-electron chi connectivity index (χ0n) is 14.0. The Morgan fingerprint density at radius 3 is 2.25 bits per heavy atom. The molecule has 0 radical (unpaired) electrons. The molecule has 3 rings (SSSR count). The van der Waals surface area contributed by atoms with E-state index in [1.54, 1.807) is 6.07 Å². The molecule has 0 saturated heterocycles. The lowest BCUT2D eigenvalue weighted by molar-refractivity contribution is 0.0693. The molecule has 3 aromatic carbocycles. The van der Waals surface area contributed by atoms with E-state index >= 15 is 0 Å². The molecule has 24 heavy (non-hydrogen) atoms. The molecule has 0 saturated carbocycles. The number of hydrogen-bond acceptors (Lipinski definition) is 2. The van der Waals surface area contributed by atoms with Gasteiger partial charge in [0.1, 0.15) is 11.3 Å². The number of carboxylic acid groups (broad SMARTS) is 1. The summed E-state index contributed by atoms with van der Waals surface area (Å²) in [5.41, 5.74) is 1.97. The van der Waals surface area contributed by atoms with Crippen molar-refractivity contribution < 1.29 is 15.0 Å². The summed E-state index contributed by atoms with van der Waals surface area (Å²) in [6.45, 7) is 6.08. The van der Waals surface area contributed by atoms with Gasteiger partial charge >= 0.3 is 5.97 Å². The zero-order valence-corrected chi connectivity index (χ0v) is 14.0. The van der Waals surface area contributed by atoms with Crippen molar-refractivity contribution in [3.63, 3.8) is 0 Å². The van der Waals surface area contributed by atoms with Gasteiger partial charge in [-0.05, 0) is 39.4 Å². The second kappa shape index (κ2) is 5.68. The maximum absolute atomic E-state index is 11.6. The van der Waals surface area contributed by atoms with Gasteiger partial charge in [-0.2, -0.15) is 0 Å². The van der Waals surface area contributed by atoms with Gasteiger partial charge in [-0.15, -0.1) is 0 Å². The first-order valence-corrected chi connectivity index (χ1v) is 7.88. The molecule has 3 heteroatoms. The Morgan fingerprint density at radius 2 is 1.58 bits per heavy atom. The second-order valence-electron chi connectivity index (χ2n) is 7.00. The molecular weight excluding hydrogens is 300 g/mol. The van der Waals surface area contributed by atoms with Crippen molar-refractivity contribution in [2.24, 2.45) is 0 Å². The van der Waals surface area contributed by atoms with Crippen LogP contribution in [0.1, 0.15) is 36.7 Å². The van der Waals surface area contributed by atoms with Crippen molar-refractivity contribution >= 4 is 16.7 Å². The molecule has 0 atom stereocenters. The number of benzene rings is 3. The zero-order chi connectivity index (χ0) is 17.5. The quantitative estimate of drug-likeness (QED) is 0.681. The summed E-state index contributed by atoms with van der Waals surface area (Å²) in [7, 11) is 0. The fourth-order valence-corrected chi connectivity index (χ4v) is 2.90. The maximum Gasteiger partial charge on any atom is 0.339 e. The van der Waals surface area contributed by atoms with Crippen LogP contribution in [0.25, 0.3) is 21.9 Å². The van der Waals surface area contributed by atoms with Crippen LogP contribution in [0.3, 0.4) is 0 Å². The van der Waals surface area contributed by atoms with Gasteiger partial charge in [0.05, 0.1) is 0 Å². The lowest BCUT2D eigenvalue weighted by Crippen LogP contribution is -2.13. The summed E-state index contributed by atoms with van der Waals surface area (Å²) in [4.78, 5) is 11.6. The molecule has 0 aliphatic carbocycles. The van der Waals surface area contributed by atoms with Crippen LogP contribution in [0, 0.1) is 0 Å². The van der Waals surface area contributed by atoms with Crippen LogP contribution in [0.5, 0.6) is 5.75 Å². The molecule has 122 valence electrons. The highest BCUT2D eigenvalue weighted by Gasteiger charge is 2.22. The first-order valence-electron chi connectivity index (χ1n) is 7.88. The fraction of sp³-hybridized carbons (Fsp3) is 0.190. The average molecular weight is 320 g/mol. The number of carboxylic acids is 1. The predicted octanol–water partition coefficient (Wildman–Crippen LogP) is 5.21. The molecule has 3 aromatic rings. The summed E-state index contributed by atoms with van der Waals surface area (Å²) in [5, 5.41) is 22.1. The Balaban J connectivity index is 2.38. The molecule has 2 N–H and O–H groups in total. The summed E-state index contributed by atoms with van der Waals surface area (Å²) < 4.78 is 0. The lowest BCUT2D eigenvalue weighted by Gasteiger charge is -2.22. The minimum Gasteiger partial charge on any atom is -0.506 e. The number of aromatic hydroxyl groups is 1. The van der Waals surface area contributed by atoms with Gasteiger partial charge in [-0.3, -0.25) is 0 Å². The van der Waals surface area contributed by atoms with Crippen molar-refractivity contribution in [1.29, 1.82) is 0 Å². The molecule has 0 bridgehead atoms. The molecule has 0 fully saturated rings. The molecule has 0 unspecified atom stereocenters. The maximum atomic E-state index is 11.6. The molecule has 0 amide bonds. The number of hydrogen-bond donors (Lipinski definition) is 2. The fourth-order valence-electron chi connectivity index (χ4n) is 2.90. The first kappa shape index (κ1) is 16.1. The Hall–Kier alpha value is -2.81. The van der Waals surface area contributed by atoms with Gasteiger partial charge in [-0.1, -0.05) is 63.2 Å². The molecule has 0 aliphatic heterocycles. The van der Waals surface area contributed by atoms with Crippen LogP contribution in [0.2, 0.25) is 0 Å². The van der Waals surface area contributed by atoms with Crippen LogP contribution in [-0.4, -0.2) is 16.2 Å². The Morgan fingerprint density at radius 1 is 0.917 bits per heavy atom. The monoisotopic (exact) mass is 320 g/mol. The van der Waals surface area contributed by atoms with E-state index in [4.69, 9.17) is 0 Å². The van der Waals surface area contributed by atoms with Gasteiger partial charge in [0.15, 0.2) is 0 Å². The molecule has 0 spiro atoms. The molecule has 0 aromatic heterocycles. The highest BCUT2D eigenvalue weighted by atomic mass is 16.4. The van der Waals surface area contributed by atoms with Gasteiger partial charge < -0.3 is 10.2 Å². The lowest BCUT2D eigenvalue weighted by atomic mass is 9.83. The van der Waals surface area contributed by atoms with Crippen molar-refractivity contribution in [1.82, 2.24) is 0 Å². The Bertz CT molecular complexity index is 928. The average Bonchev–Trinajstić information content (AvgIpc) is 2.53. The van der Waals surface area contributed by atoms with Crippen LogP contribution in [0.15, 0.2) is 54.6 Å². The van der Waals surface area contributed by atoms with Gasteiger partial charge in [0.25, 0.3) is 0 Å². The second-order valence-corrected chi connectivity index (χ2v) is 7.00. The van der Waals surface area contributed by atoms with E-state index in [1.807, 2.05) is 69.3 Å². The minimum absolute atomic E-state index is 0.0645. The number of fused-ring (bicyclic) bond motifs is 1. The topological polar surface area (TPSA) is 57.5 Å². The molecular formula is C21H20O3. The van der Waals surface area contributed by atoms with E-state index in [0.29, 0.717) is 5.56 Å². The number of aromatic carboxylic acids is 1. The number of phenols is 1. The standard InChI is InChI=1S/C21H20O3/c1-21(2,3)14-11-17(19(22)18(12-14)20(23)24)16-10-6-8-13-7-4-5-9-15(13)16/h4-12,22H,1-3H3,(H,23,24). The number of carbonyl (C=O) groups is 1. The molecule has 0 heterocycles. The van der Waals surface area contributed by atoms with E-state index in [0.717, 1.165) is 21.9 Å². The Labute approximate surface area is 141 Å². The smallest absolute Gasteiger partial charge is 0.339 e. The van der Waals surface area contributed by atoms with Crippen molar-refractivity contribution in [2.45, 2.75) is 26.2 Å². The van der Waals surface area contributed by atoms with Crippen molar-refractivity contribution in [2.75, 3.05) is 0 Å². The van der Waals surface area contributed by atoms with Gasteiger partial charge in [0, 0.05) is 5.56 Å². The first-order chi connectivity index (χ1) is 11.3. The summed E-state index contributed by atoms with van der Waals surface area (Å²) in [6.07, 6.45) is 0. The van der Waals surface area contributed by atoms with Gasteiger partial charge in [-0.25, -0.2) is 4.79 Å². The minimum atomic E-state index is -1.12. The van der Waals surface area contributed by atoms with E-state index in [-0.39, 0.29) is 16.7 Å². The predicted molar refractivity (Wildman–Crippen MR) is 96.7 cm³/mol. The third-order valence-electron chi connectivity index (χ3n) is 4.29. The Kier molecular flexibility index (Phi) is 3.80. The number of rotatable bonds is 2. The van der Waals surface area contributed by atoms with E-state index < -0.39 is 5.97 Å². The van der Waals surface area contributed by atoms with E-state index in [2.05, 4.69) is 0 Å². The van der Waals surface area contributed by atoms with Crippen LogP contribution < -0.4 is 0 Å². The van der Waals surface area contributed by atoms with Gasteiger partial charge in [0.2, 0.25) is 0 Å². The summed E-state index contributed by atoms with van der Waals surface area (Å²) >= 11 is 0. The SMILES string of the molecule is CC(C)(C)c1cc(C(=O)O)c(O)c(-c2cccc3ccccc23)c1. The van der Waals surface area contributed by atoms with E-state index in [9.17, 15) is 15.0 Å². The van der Waals surface area contributed by atoms with Crippen LogP contribution in [-0.2, 0) is 5.41 Å². The third kappa shape index (κ3) is 2.73. The molecule has 3 nitrogen and oxygen atoms in total. The van der Waals surface area contributed by atoms with Crippen molar-refractivity contribution in [3.05, 3.63) is 65.7 Å². The highest BCUT2D eigenvalue weighted by molar-refractivity contribution is 6.01. The highest BCUT2D eigenvalue weighted by Crippen LogP contribution is 2.39. The third-order valence-corrected chi connectivity index (χ3v) is 4.29. The normalized spacial score (nSPS) is 11.6. The van der Waals surface area contributed by atoms with Crippen LogP contribution >= 0.6 is 0 Å². The molecule has 0 aliphatic rings. The summed E-state index contributed by atoms with van der Waals surface area (Å²) in [6, 6.07) is 17.2. The van der Waals surface area contributed by atoms with E-state index in [1.165, 1.54) is 0 Å². The largest absolute Gasteiger partial charge is 0.506 e. The van der Waals surface area contributed by atoms with Crippen LogP contribution in [0.4, 0.5) is 0 Å². The summed E-state index contributed by atoms with van der Waals surface area (Å²) in [5.74, 6) is -1.31.